The van der Waals surface area contributed by atoms with Crippen LogP contribution in [0.4, 0.5) is 13.2 Å². The van der Waals surface area contributed by atoms with E-state index in [1.165, 1.54) is 10.9 Å². The van der Waals surface area contributed by atoms with Gasteiger partial charge < -0.3 is 0 Å². The van der Waals surface area contributed by atoms with Crippen molar-refractivity contribution in [2.75, 3.05) is 0 Å². The second-order valence-corrected chi connectivity index (χ2v) is 4.80. The topological polar surface area (TPSA) is 30.7 Å². The van der Waals surface area contributed by atoms with Gasteiger partial charge in [-0.25, -0.2) is 9.67 Å². The number of aromatic nitrogens is 3. The van der Waals surface area contributed by atoms with E-state index < -0.39 is 11.9 Å². The molecule has 100 valence electrons. The summed E-state index contributed by atoms with van der Waals surface area (Å²) in [4.78, 5) is 4.03. The molecule has 7 heteroatoms. The molecule has 3 rings (SSSR count). The minimum absolute atomic E-state index is 0.0399. The number of halogens is 4. The van der Waals surface area contributed by atoms with Crippen molar-refractivity contribution in [3.63, 3.8) is 0 Å². The Morgan fingerprint density at radius 3 is 2.53 bits per heavy atom. The lowest BCUT2D eigenvalue weighted by Gasteiger charge is -2.04. The summed E-state index contributed by atoms with van der Waals surface area (Å²) in [5.41, 5.74) is -0.630. The van der Waals surface area contributed by atoms with Crippen molar-refractivity contribution < 1.29 is 13.2 Å². The zero-order valence-corrected chi connectivity index (χ0v) is 10.4. The Balaban J connectivity index is 2.19. The maximum atomic E-state index is 12.9. The van der Waals surface area contributed by atoms with Crippen LogP contribution in [0.5, 0.6) is 0 Å². The highest BCUT2D eigenvalue weighted by molar-refractivity contribution is 6.32. The lowest BCUT2D eigenvalue weighted by molar-refractivity contribution is -0.141. The van der Waals surface area contributed by atoms with Gasteiger partial charge in [-0.15, -0.1) is 0 Å². The zero-order valence-electron chi connectivity index (χ0n) is 9.65. The first-order chi connectivity index (χ1) is 8.98. The van der Waals surface area contributed by atoms with Gasteiger partial charge in [-0.1, -0.05) is 17.7 Å². The van der Waals surface area contributed by atoms with E-state index in [2.05, 4.69) is 10.1 Å². The molecule has 1 saturated carbocycles. The molecule has 0 saturated heterocycles. The van der Waals surface area contributed by atoms with Crippen molar-refractivity contribution in [2.24, 2.45) is 0 Å². The van der Waals surface area contributed by atoms with Gasteiger partial charge in [0.05, 0.1) is 10.7 Å². The summed E-state index contributed by atoms with van der Waals surface area (Å²) >= 11 is 5.87. The Labute approximate surface area is 112 Å². The number of alkyl halides is 3. The molecule has 0 spiro atoms. The molecular weight excluding hydrogens is 279 g/mol. The fourth-order valence-electron chi connectivity index (χ4n) is 1.96. The smallest absolute Gasteiger partial charge is 0.237 e. The van der Waals surface area contributed by atoms with Crippen molar-refractivity contribution >= 4 is 11.6 Å². The van der Waals surface area contributed by atoms with Crippen molar-refractivity contribution in [1.82, 2.24) is 14.8 Å². The third-order valence-electron chi connectivity index (χ3n) is 2.96. The molecule has 0 bridgehead atoms. The summed E-state index contributed by atoms with van der Waals surface area (Å²) in [6, 6.07) is 4.99. The average molecular weight is 288 g/mol. The molecule has 2 heterocycles. The molecule has 0 unspecified atom stereocenters. The molecule has 3 nitrogen and oxygen atoms in total. The zero-order chi connectivity index (χ0) is 13.6. The van der Waals surface area contributed by atoms with E-state index in [1.807, 2.05) is 0 Å². The van der Waals surface area contributed by atoms with Crippen LogP contribution in [0.3, 0.4) is 0 Å². The van der Waals surface area contributed by atoms with Gasteiger partial charge in [0.15, 0.2) is 11.5 Å². The highest BCUT2D eigenvalue weighted by atomic mass is 35.5. The fraction of sp³-hybridized carbons (Fsp3) is 0.333. The van der Waals surface area contributed by atoms with Crippen LogP contribution in [-0.4, -0.2) is 14.8 Å². The number of rotatable bonds is 2. The molecular formula is C12H9ClF3N3. The first kappa shape index (κ1) is 12.5. The first-order valence-electron chi connectivity index (χ1n) is 5.75. The van der Waals surface area contributed by atoms with Crippen LogP contribution in [0.1, 0.15) is 30.1 Å². The second kappa shape index (κ2) is 4.23. The average Bonchev–Trinajstić information content (AvgIpc) is 3.12. The molecule has 1 fully saturated rings. The molecule has 0 N–H and O–H groups in total. The van der Waals surface area contributed by atoms with E-state index in [0.29, 0.717) is 11.5 Å². The highest BCUT2D eigenvalue weighted by Crippen LogP contribution is 2.47. The van der Waals surface area contributed by atoms with Crippen LogP contribution >= 0.6 is 11.6 Å². The van der Waals surface area contributed by atoms with Crippen molar-refractivity contribution in [3.8, 4) is 5.82 Å². The maximum Gasteiger partial charge on any atom is 0.436 e. The van der Waals surface area contributed by atoms with Crippen LogP contribution in [0, 0.1) is 0 Å². The van der Waals surface area contributed by atoms with Gasteiger partial charge >= 0.3 is 6.18 Å². The molecule has 0 atom stereocenters. The van der Waals surface area contributed by atoms with Gasteiger partial charge in [0.1, 0.15) is 0 Å². The summed E-state index contributed by atoms with van der Waals surface area (Å²) in [6.07, 6.45) is -1.39. The van der Waals surface area contributed by atoms with E-state index in [1.54, 1.807) is 18.2 Å². The van der Waals surface area contributed by atoms with Crippen molar-refractivity contribution in [2.45, 2.75) is 24.9 Å². The normalized spacial score (nSPS) is 15.8. The van der Waals surface area contributed by atoms with Gasteiger partial charge in [-0.3, -0.25) is 0 Å². The Morgan fingerprint density at radius 2 is 2.00 bits per heavy atom. The van der Waals surface area contributed by atoms with Gasteiger partial charge in [0.2, 0.25) is 0 Å². The van der Waals surface area contributed by atoms with E-state index >= 15 is 0 Å². The minimum Gasteiger partial charge on any atom is -0.237 e. The second-order valence-electron chi connectivity index (χ2n) is 4.42. The predicted molar refractivity (Wildman–Crippen MR) is 63.3 cm³/mol. The number of hydrogen-bond donors (Lipinski definition) is 0. The Kier molecular flexibility index (Phi) is 2.78. The number of pyridine rings is 1. The predicted octanol–water partition coefficient (Wildman–Crippen LogP) is 3.82. The Bertz CT molecular complexity index is 603. The van der Waals surface area contributed by atoms with E-state index in [0.717, 1.165) is 12.8 Å². The quantitative estimate of drug-likeness (QED) is 0.841. The highest BCUT2D eigenvalue weighted by Gasteiger charge is 2.42. The van der Waals surface area contributed by atoms with Gasteiger partial charge in [0, 0.05) is 12.1 Å². The molecule has 1 aliphatic rings. The monoisotopic (exact) mass is 287 g/mol. The summed E-state index contributed by atoms with van der Waals surface area (Å²) in [5, 5.41) is 3.30. The minimum atomic E-state index is -4.55. The molecule has 1 aliphatic carbocycles. The summed E-state index contributed by atoms with van der Waals surface area (Å²) in [6.45, 7) is 0. The summed E-state index contributed by atoms with van der Waals surface area (Å²) in [5.74, 6) is 0.389. The van der Waals surface area contributed by atoms with Crippen LogP contribution in [-0.2, 0) is 6.18 Å². The largest absolute Gasteiger partial charge is 0.436 e. The molecule has 0 amide bonds. The molecule has 0 aromatic carbocycles. The first-order valence-corrected chi connectivity index (χ1v) is 6.13. The third-order valence-corrected chi connectivity index (χ3v) is 3.33. The number of nitrogens with zero attached hydrogens (tertiary/aromatic N) is 3. The fourth-order valence-corrected chi connectivity index (χ4v) is 2.34. The van der Waals surface area contributed by atoms with Crippen LogP contribution in [0.25, 0.3) is 5.82 Å². The number of hydrogen-bond acceptors (Lipinski definition) is 2. The van der Waals surface area contributed by atoms with Crippen molar-refractivity contribution in [3.05, 3.63) is 40.8 Å². The summed E-state index contributed by atoms with van der Waals surface area (Å²) < 4.78 is 39.8. The third kappa shape index (κ3) is 2.20. The van der Waals surface area contributed by atoms with Crippen LogP contribution < -0.4 is 0 Å². The Hall–Kier alpha value is -1.56. The van der Waals surface area contributed by atoms with E-state index in [-0.39, 0.29) is 10.9 Å². The van der Waals surface area contributed by atoms with E-state index in [9.17, 15) is 13.2 Å². The van der Waals surface area contributed by atoms with Crippen LogP contribution in [0.2, 0.25) is 5.02 Å². The molecule has 0 aliphatic heterocycles. The SMILES string of the molecule is FC(F)(F)c1nn(-c2ccccn2)c(C2CC2)c1Cl. The molecule has 2 aromatic heterocycles. The van der Waals surface area contributed by atoms with Gasteiger partial charge in [-0.2, -0.15) is 18.3 Å². The van der Waals surface area contributed by atoms with Crippen LogP contribution in [0.15, 0.2) is 24.4 Å². The molecule has 2 aromatic rings. The summed E-state index contributed by atoms with van der Waals surface area (Å²) in [7, 11) is 0. The van der Waals surface area contributed by atoms with Gasteiger partial charge in [-0.05, 0) is 25.0 Å². The molecule has 0 radical (unpaired) electrons. The Morgan fingerprint density at radius 1 is 1.26 bits per heavy atom. The maximum absolute atomic E-state index is 12.9. The standard InChI is InChI=1S/C12H9ClF3N3/c13-9-10(7-4-5-7)19(8-3-1-2-6-17-8)18-11(9)12(14,15)16/h1-3,6-7H,4-5H2. The lowest BCUT2D eigenvalue weighted by atomic mass is 10.2. The lowest BCUT2D eigenvalue weighted by Crippen LogP contribution is -2.08. The van der Waals surface area contributed by atoms with E-state index in [4.69, 9.17) is 11.6 Å². The van der Waals surface area contributed by atoms with Gasteiger partial charge in [0.25, 0.3) is 0 Å². The molecule has 19 heavy (non-hydrogen) atoms. The van der Waals surface area contributed by atoms with Crippen molar-refractivity contribution in [1.29, 1.82) is 0 Å².